The van der Waals surface area contributed by atoms with Gasteiger partial charge in [-0.3, -0.25) is 4.98 Å². The standard InChI is InChI=1S/C14H13ClN2O/c15-10-3-4-13-11(7-10)9(8-16)6-12-14(18-13)2-1-5-17-12/h1-5,7,9H,6,8,16H2/t9-/m0/s1. The summed E-state index contributed by atoms with van der Waals surface area (Å²) in [4.78, 5) is 4.37. The highest BCUT2D eigenvalue weighted by Crippen LogP contribution is 2.39. The molecule has 1 aromatic carbocycles. The molecule has 4 heteroatoms. The Kier molecular flexibility index (Phi) is 2.94. The van der Waals surface area contributed by atoms with Crippen molar-refractivity contribution in [1.82, 2.24) is 4.98 Å². The van der Waals surface area contributed by atoms with Crippen LogP contribution in [0, 0.1) is 0 Å². The van der Waals surface area contributed by atoms with Crippen LogP contribution in [0.2, 0.25) is 5.02 Å². The van der Waals surface area contributed by atoms with E-state index in [4.69, 9.17) is 22.1 Å². The Hall–Kier alpha value is -1.58. The molecule has 0 saturated heterocycles. The second-order valence-electron chi connectivity index (χ2n) is 4.37. The molecule has 2 heterocycles. The Morgan fingerprint density at radius 1 is 1.33 bits per heavy atom. The summed E-state index contributed by atoms with van der Waals surface area (Å²) in [6.45, 7) is 0.548. The molecule has 1 aliphatic heterocycles. The van der Waals surface area contributed by atoms with E-state index in [1.807, 2.05) is 30.3 Å². The van der Waals surface area contributed by atoms with Gasteiger partial charge in [0.1, 0.15) is 11.5 Å². The summed E-state index contributed by atoms with van der Waals surface area (Å²) < 4.78 is 5.91. The lowest BCUT2D eigenvalue weighted by Gasteiger charge is -2.14. The summed E-state index contributed by atoms with van der Waals surface area (Å²) in [5.74, 6) is 1.81. The van der Waals surface area contributed by atoms with Crippen LogP contribution in [-0.2, 0) is 6.42 Å². The zero-order chi connectivity index (χ0) is 12.5. The van der Waals surface area contributed by atoms with Gasteiger partial charge in [-0.05, 0) is 36.9 Å². The summed E-state index contributed by atoms with van der Waals surface area (Å²) in [6, 6.07) is 9.45. The molecule has 3 rings (SSSR count). The molecule has 0 saturated carbocycles. The highest BCUT2D eigenvalue weighted by atomic mass is 35.5. The Morgan fingerprint density at radius 3 is 3.06 bits per heavy atom. The van der Waals surface area contributed by atoms with E-state index in [0.717, 1.165) is 29.2 Å². The number of aromatic nitrogens is 1. The van der Waals surface area contributed by atoms with Crippen LogP contribution in [0.15, 0.2) is 36.5 Å². The average Bonchev–Trinajstić information content (AvgIpc) is 2.54. The first kappa shape index (κ1) is 11.5. The first-order chi connectivity index (χ1) is 8.78. The van der Waals surface area contributed by atoms with Gasteiger partial charge >= 0.3 is 0 Å². The summed E-state index contributed by atoms with van der Waals surface area (Å²) in [6.07, 6.45) is 2.55. The van der Waals surface area contributed by atoms with E-state index in [-0.39, 0.29) is 5.92 Å². The van der Waals surface area contributed by atoms with E-state index in [1.54, 1.807) is 6.20 Å². The molecule has 0 spiro atoms. The Bertz CT molecular complexity index is 586. The van der Waals surface area contributed by atoms with Crippen LogP contribution in [0.4, 0.5) is 0 Å². The highest BCUT2D eigenvalue weighted by molar-refractivity contribution is 6.30. The third-order valence-corrected chi connectivity index (χ3v) is 3.44. The number of benzene rings is 1. The number of hydrogen-bond acceptors (Lipinski definition) is 3. The predicted molar refractivity (Wildman–Crippen MR) is 71.3 cm³/mol. The molecule has 2 N–H and O–H groups in total. The minimum absolute atomic E-state index is 0.190. The van der Waals surface area contributed by atoms with Crippen molar-refractivity contribution < 1.29 is 4.74 Å². The van der Waals surface area contributed by atoms with Gasteiger partial charge in [0, 0.05) is 29.1 Å². The second kappa shape index (κ2) is 4.59. The monoisotopic (exact) mass is 260 g/mol. The quantitative estimate of drug-likeness (QED) is 0.857. The van der Waals surface area contributed by atoms with Gasteiger partial charge in [-0.25, -0.2) is 0 Å². The van der Waals surface area contributed by atoms with Gasteiger partial charge in [0.15, 0.2) is 0 Å². The van der Waals surface area contributed by atoms with Crippen LogP contribution >= 0.6 is 11.6 Å². The molecule has 3 nitrogen and oxygen atoms in total. The van der Waals surface area contributed by atoms with Crippen molar-refractivity contribution in [2.24, 2.45) is 5.73 Å². The fraction of sp³-hybridized carbons (Fsp3) is 0.214. The number of ether oxygens (including phenoxy) is 1. The number of rotatable bonds is 1. The minimum atomic E-state index is 0.190. The maximum Gasteiger partial charge on any atom is 0.148 e. The lowest BCUT2D eigenvalue weighted by atomic mass is 9.94. The van der Waals surface area contributed by atoms with Crippen LogP contribution in [0.5, 0.6) is 11.5 Å². The smallest absolute Gasteiger partial charge is 0.148 e. The van der Waals surface area contributed by atoms with E-state index in [0.29, 0.717) is 11.6 Å². The molecule has 0 bridgehead atoms. The average molecular weight is 261 g/mol. The van der Waals surface area contributed by atoms with E-state index >= 15 is 0 Å². The zero-order valence-corrected chi connectivity index (χ0v) is 10.5. The van der Waals surface area contributed by atoms with Gasteiger partial charge in [0.2, 0.25) is 0 Å². The largest absolute Gasteiger partial charge is 0.455 e. The molecule has 1 aromatic heterocycles. The van der Waals surface area contributed by atoms with Crippen molar-refractivity contribution in [3.63, 3.8) is 0 Å². The molecule has 92 valence electrons. The van der Waals surface area contributed by atoms with Crippen molar-refractivity contribution >= 4 is 11.6 Å². The van der Waals surface area contributed by atoms with Crippen LogP contribution in [0.25, 0.3) is 0 Å². The molecule has 0 radical (unpaired) electrons. The number of nitrogens with zero attached hydrogens (tertiary/aromatic N) is 1. The first-order valence-corrected chi connectivity index (χ1v) is 6.27. The van der Waals surface area contributed by atoms with E-state index in [9.17, 15) is 0 Å². The molecule has 0 fully saturated rings. The molecule has 1 aliphatic rings. The fourth-order valence-electron chi connectivity index (χ4n) is 2.27. The molecular formula is C14H13ClN2O. The first-order valence-electron chi connectivity index (χ1n) is 5.89. The normalized spacial score (nSPS) is 17.3. The number of nitrogens with two attached hydrogens (primary N) is 1. The summed E-state index contributed by atoms with van der Waals surface area (Å²) >= 11 is 6.05. The van der Waals surface area contributed by atoms with Gasteiger partial charge < -0.3 is 10.5 Å². The summed E-state index contributed by atoms with van der Waals surface area (Å²) in [7, 11) is 0. The Balaban J connectivity index is 2.14. The number of pyridine rings is 1. The lowest BCUT2D eigenvalue weighted by molar-refractivity contribution is 0.475. The Labute approximate surface area is 111 Å². The number of fused-ring (bicyclic) bond motifs is 2. The van der Waals surface area contributed by atoms with Crippen LogP contribution in [0.3, 0.4) is 0 Å². The van der Waals surface area contributed by atoms with Gasteiger partial charge in [0.05, 0.1) is 5.69 Å². The maximum absolute atomic E-state index is 6.05. The molecule has 1 atom stereocenters. The summed E-state index contributed by atoms with van der Waals surface area (Å²) in [5.41, 5.74) is 7.87. The lowest BCUT2D eigenvalue weighted by Crippen LogP contribution is -2.14. The maximum atomic E-state index is 6.05. The minimum Gasteiger partial charge on any atom is -0.455 e. The fourth-order valence-corrected chi connectivity index (χ4v) is 2.45. The highest BCUT2D eigenvalue weighted by Gasteiger charge is 2.23. The van der Waals surface area contributed by atoms with Crippen molar-refractivity contribution in [2.75, 3.05) is 6.54 Å². The van der Waals surface area contributed by atoms with Crippen LogP contribution in [-0.4, -0.2) is 11.5 Å². The molecular weight excluding hydrogens is 248 g/mol. The van der Waals surface area contributed by atoms with Crippen molar-refractivity contribution in [2.45, 2.75) is 12.3 Å². The zero-order valence-electron chi connectivity index (χ0n) is 9.77. The van der Waals surface area contributed by atoms with Crippen molar-refractivity contribution in [3.8, 4) is 11.5 Å². The summed E-state index contributed by atoms with van der Waals surface area (Å²) in [5, 5.41) is 0.703. The molecule has 0 amide bonds. The van der Waals surface area contributed by atoms with Crippen molar-refractivity contribution in [1.29, 1.82) is 0 Å². The Morgan fingerprint density at radius 2 is 2.22 bits per heavy atom. The topological polar surface area (TPSA) is 48.1 Å². The molecule has 18 heavy (non-hydrogen) atoms. The van der Waals surface area contributed by atoms with Crippen LogP contribution in [0.1, 0.15) is 17.2 Å². The molecule has 0 unspecified atom stereocenters. The number of hydrogen-bond donors (Lipinski definition) is 1. The second-order valence-corrected chi connectivity index (χ2v) is 4.81. The molecule has 2 aromatic rings. The van der Waals surface area contributed by atoms with Crippen molar-refractivity contribution in [3.05, 3.63) is 52.8 Å². The predicted octanol–water partition coefficient (Wildman–Crippen LogP) is 3.13. The molecule has 0 aliphatic carbocycles. The SMILES string of the molecule is NC[C@@H]1Cc2ncccc2Oc2ccc(Cl)cc21. The van der Waals surface area contributed by atoms with Gasteiger partial charge in [-0.1, -0.05) is 11.6 Å². The third-order valence-electron chi connectivity index (χ3n) is 3.20. The third kappa shape index (κ3) is 1.96. The van der Waals surface area contributed by atoms with E-state index < -0.39 is 0 Å². The van der Waals surface area contributed by atoms with E-state index in [2.05, 4.69) is 4.98 Å². The van der Waals surface area contributed by atoms with E-state index in [1.165, 1.54) is 0 Å². The van der Waals surface area contributed by atoms with Gasteiger partial charge in [-0.2, -0.15) is 0 Å². The van der Waals surface area contributed by atoms with Crippen LogP contribution < -0.4 is 10.5 Å². The van der Waals surface area contributed by atoms with Gasteiger partial charge in [-0.15, -0.1) is 0 Å². The van der Waals surface area contributed by atoms with Gasteiger partial charge in [0.25, 0.3) is 0 Å². The number of halogens is 1.